The Morgan fingerprint density at radius 2 is 2.15 bits per heavy atom. The van der Waals surface area contributed by atoms with Gasteiger partial charge in [0, 0.05) is 23.5 Å². The summed E-state index contributed by atoms with van der Waals surface area (Å²) in [7, 11) is 0. The lowest BCUT2D eigenvalue weighted by Crippen LogP contribution is -2.35. The molecule has 0 saturated carbocycles. The smallest absolute Gasteiger partial charge is 0.253 e. The van der Waals surface area contributed by atoms with Crippen molar-refractivity contribution in [3.8, 4) is 5.82 Å². The van der Waals surface area contributed by atoms with Gasteiger partial charge < -0.3 is 14.9 Å². The predicted molar refractivity (Wildman–Crippen MR) is 74.1 cm³/mol. The van der Waals surface area contributed by atoms with Crippen LogP contribution in [0.15, 0.2) is 16.7 Å². The van der Waals surface area contributed by atoms with Gasteiger partial charge in [0.15, 0.2) is 5.82 Å². The molecular weight excluding hydrogens is 258 g/mol. The first-order chi connectivity index (χ1) is 9.43. The molecule has 6 heteroatoms. The van der Waals surface area contributed by atoms with Crippen LogP contribution >= 0.6 is 0 Å². The van der Waals surface area contributed by atoms with Gasteiger partial charge in [-0.1, -0.05) is 5.16 Å². The van der Waals surface area contributed by atoms with Gasteiger partial charge in [-0.2, -0.15) is 0 Å². The zero-order chi connectivity index (χ0) is 14.9. The highest BCUT2D eigenvalue weighted by Crippen LogP contribution is 2.20. The molecular formula is C14H19N3O3. The molecule has 0 fully saturated rings. The molecule has 0 aliphatic heterocycles. The zero-order valence-corrected chi connectivity index (χ0v) is 12.1. The lowest BCUT2D eigenvalue weighted by atomic mass is 10.2. The number of aromatic nitrogens is 2. The van der Waals surface area contributed by atoms with E-state index in [2.05, 4.69) is 10.5 Å². The highest BCUT2D eigenvalue weighted by Gasteiger charge is 2.19. The number of nitrogens with one attached hydrogen (secondary N) is 1. The van der Waals surface area contributed by atoms with Gasteiger partial charge in [-0.3, -0.25) is 9.36 Å². The number of aryl methyl sites for hydroxylation is 2. The van der Waals surface area contributed by atoms with Crippen LogP contribution in [0.5, 0.6) is 0 Å². The van der Waals surface area contributed by atoms with E-state index in [4.69, 9.17) is 9.63 Å². The van der Waals surface area contributed by atoms with Crippen molar-refractivity contribution in [2.45, 2.75) is 33.7 Å². The fourth-order valence-electron chi connectivity index (χ4n) is 2.15. The maximum atomic E-state index is 12.2. The van der Waals surface area contributed by atoms with Crippen molar-refractivity contribution in [3.05, 3.63) is 34.8 Å². The van der Waals surface area contributed by atoms with Crippen molar-refractivity contribution in [1.82, 2.24) is 15.0 Å². The molecule has 0 saturated heterocycles. The van der Waals surface area contributed by atoms with Gasteiger partial charge in [0.05, 0.1) is 12.2 Å². The van der Waals surface area contributed by atoms with Gasteiger partial charge in [0.25, 0.3) is 5.91 Å². The molecule has 2 N–H and O–H groups in total. The summed E-state index contributed by atoms with van der Waals surface area (Å²) in [5.41, 5.74) is 2.26. The normalized spacial score (nSPS) is 12.4. The number of nitrogens with zero attached hydrogens (tertiary/aromatic N) is 2. The van der Waals surface area contributed by atoms with E-state index in [0.29, 0.717) is 17.1 Å². The summed E-state index contributed by atoms with van der Waals surface area (Å²) in [5.74, 6) is 1.17. The Labute approximate surface area is 117 Å². The highest BCUT2D eigenvalue weighted by molar-refractivity contribution is 5.96. The Morgan fingerprint density at radius 3 is 2.70 bits per heavy atom. The van der Waals surface area contributed by atoms with E-state index in [1.54, 1.807) is 13.0 Å². The molecule has 2 aromatic heterocycles. The summed E-state index contributed by atoms with van der Waals surface area (Å²) in [6.07, 6.45) is 0. The number of aliphatic hydroxyl groups excluding tert-OH is 1. The first kappa shape index (κ1) is 14.3. The van der Waals surface area contributed by atoms with Crippen LogP contribution in [-0.4, -0.2) is 33.4 Å². The number of carbonyl (C=O) groups is 1. The second-order valence-corrected chi connectivity index (χ2v) is 4.97. The first-order valence-corrected chi connectivity index (χ1v) is 6.48. The first-order valence-electron chi connectivity index (χ1n) is 6.48. The molecule has 0 bridgehead atoms. The van der Waals surface area contributed by atoms with Crippen LogP contribution in [-0.2, 0) is 0 Å². The van der Waals surface area contributed by atoms with Crippen molar-refractivity contribution in [2.24, 2.45) is 0 Å². The molecule has 1 atom stereocenters. The third-order valence-corrected chi connectivity index (χ3v) is 3.17. The number of carbonyl (C=O) groups excluding carboxylic acids is 1. The minimum absolute atomic E-state index is 0.0903. The number of amides is 1. The minimum atomic E-state index is -0.278. The van der Waals surface area contributed by atoms with Gasteiger partial charge >= 0.3 is 0 Å². The number of aliphatic hydroxyl groups is 1. The summed E-state index contributed by atoms with van der Waals surface area (Å²) in [6.45, 7) is 7.24. The van der Waals surface area contributed by atoms with E-state index in [1.807, 2.05) is 31.4 Å². The average Bonchev–Trinajstić information content (AvgIpc) is 2.93. The fourth-order valence-corrected chi connectivity index (χ4v) is 2.15. The quantitative estimate of drug-likeness (QED) is 0.887. The predicted octanol–water partition coefficient (Wildman–Crippen LogP) is 1.50. The summed E-state index contributed by atoms with van der Waals surface area (Å²) in [6, 6.07) is 3.34. The second kappa shape index (κ2) is 5.50. The Bertz CT molecular complexity index is 628. The summed E-state index contributed by atoms with van der Waals surface area (Å²) in [5, 5.41) is 15.7. The van der Waals surface area contributed by atoms with Crippen LogP contribution in [0.1, 0.15) is 34.4 Å². The number of hydrogen-bond acceptors (Lipinski definition) is 4. The molecule has 2 heterocycles. The topological polar surface area (TPSA) is 80.3 Å². The van der Waals surface area contributed by atoms with Crippen LogP contribution in [0.3, 0.4) is 0 Å². The van der Waals surface area contributed by atoms with Crippen LogP contribution in [0.25, 0.3) is 5.82 Å². The molecule has 1 amide bonds. The Balaban J connectivity index is 2.36. The largest absolute Gasteiger partial charge is 0.394 e. The van der Waals surface area contributed by atoms with Crippen molar-refractivity contribution < 1.29 is 14.4 Å². The monoisotopic (exact) mass is 277 g/mol. The van der Waals surface area contributed by atoms with Crippen molar-refractivity contribution >= 4 is 5.91 Å². The summed E-state index contributed by atoms with van der Waals surface area (Å²) < 4.78 is 6.95. The summed E-state index contributed by atoms with van der Waals surface area (Å²) in [4.78, 5) is 12.2. The van der Waals surface area contributed by atoms with Crippen LogP contribution in [0.4, 0.5) is 0 Å². The molecule has 0 aliphatic carbocycles. The van der Waals surface area contributed by atoms with Crippen LogP contribution in [0, 0.1) is 20.8 Å². The molecule has 6 nitrogen and oxygen atoms in total. The molecule has 0 spiro atoms. The number of hydrogen-bond donors (Lipinski definition) is 2. The molecule has 0 aromatic carbocycles. The molecule has 108 valence electrons. The lowest BCUT2D eigenvalue weighted by Gasteiger charge is -2.10. The maximum Gasteiger partial charge on any atom is 0.253 e. The van der Waals surface area contributed by atoms with Gasteiger partial charge in [0.1, 0.15) is 5.76 Å². The van der Waals surface area contributed by atoms with E-state index in [-0.39, 0.29) is 18.6 Å². The average molecular weight is 277 g/mol. The van der Waals surface area contributed by atoms with E-state index < -0.39 is 0 Å². The van der Waals surface area contributed by atoms with Crippen molar-refractivity contribution in [1.29, 1.82) is 0 Å². The Hall–Kier alpha value is -2.08. The zero-order valence-electron chi connectivity index (χ0n) is 12.1. The third-order valence-electron chi connectivity index (χ3n) is 3.17. The fraction of sp³-hybridized carbons (Fsp3) is 0.429. The second-order valence-electron chi connectivity index (χ2n) is 4.97. The molecule has 0 radical (unpaired) electrons. The highest BCUT2D eigenvalue weighted by atomic mass is 16.5. The van der Waals surface area contributed by atoms with E-state index >= 15 is 0 Å². The van der Waals surface area contributed by atoms with E-state index in [9.17, 15) is 4.79 Å². The van der Waals surface area contributed by atoms with Crippen LogP contribution in [0.2, 0.25) is 0 Å². The number of rotatable bonds is 4. The lowest BCUT2D eigenvalue weighted by molar-refractivity contribution is 0.0921. The van der Waals surface area contributed by atoms with Crippen LogP contribution < -0.4 is 5.32 Å². The molecule has 1 unspecified atom stereocenters. The molecule has 2 aromatic rings. The minimum Gasteiger partial charge on any atom is -0.394 e. The Kier molecular flexibility index (Phi) is 3.94. The maximum absolute atomic E-state index is 12.2. The van der Waals surface area contributed by atoms with Gasteiger partial charge in [-0.05, 0) is 33.8 Å². The SMILES string of the molecule is Cc1cc(-n2c(C)cc(C(=O)NC(C)CO)c2C)no1. The van der Waals surface area contributed by atoms with E-state index in [0.717, 1.165) is 11.4 Å². The van der Waals surface area contributed by atoms with Crippen molar-refractivity contribution in [2.75, 3.05) is 6.61 Å². The van der Waals surface area contributed by atoms with E-state index in [1.165, 1.54) is 0 Å². The molecule has 0 aliphatic rings. The van der Waals surface area contributed by atoms with Gasteiger partial charge in [0.2, 0.25) is 0 Å². The third kappa shape index (κ3) is 2.60. The van der Waals surface area contributed by atoms with Gasteiger partial charge in [-0.15, -0.1) is 0 Å². The Morgan fingerprint density at radius 1 is 1.45 bits per heavy atom. The standard InChI is InChI=1S/C14H19N3O3/c1-8(7-18)15-14(19)12-5-9(2)17(11(12)4)13-6-10(3)20-16-13/h5-6,8,18H,7H2,1-4H3,(H,15,19). The summed E-state index contributed by atoms with van der Waals surface area (Å²) >= 11 is 0. The molecule has 20 heavy (non-hydrogen) atoms. The van der Waals surface area contributed by atoms with Crippen molar-refractivity contribution in [3.63, 3.8) is 0 Å². The molecule has 2 rings (SSSR count). The van der Waals surface area contributed by atoms with Gasteiger partial charge in [-0.25, -0.2) is 0 Å².